The van der Waals surface area contributed by atoms with Gasteiger partial charge in [0.25, 0.3) is 5.91 Å². The van der Waals surface area contributed by atoms with Crippen LogP contribution in [0.5, 0.6) is 0 Å². The number of imide groups is 1. The number of urea groups is 1. The Morgan fingerprint density at radius 2 is 1.79 bits per heavy atom. The first kappa shape index (κ1) is 19.0. The normalized spacial score (nSPS) is 19.2. The molecule has 3 amide bonds. The van der Waals surface area contributed by atoms with E-state index in [2.05, 4.69) is 10.1 Å². The summed E-state index contributed by atoms with van der Waals surface area (Å²) < 4.78 is 16.6. The molecule has 29 heavy (non-hydrogen) atoms. The Kier molecular flexibility index (Phi) is 4.33. The molecule has 0 aliphatic carbocycles. The lowest BCUT2D eigenvalue weighted by Crippen LogP contribution is -2.62. The molecular formula is C20H22FN6O2+. The second-order valence-electron chi connectivity index (χ2n) is 7.38. The molecule has 4 rings (SSSR count). The number of carbonyl (C=O) groups excluding carboxylic acids is 2. The molecule has 1 aromatic carbocycles. The number of aromatic nitrogens is 2. The number of hydrogen-bond donors (Lipinski definition) is 0. The highest BCUT2D eigenvalue weighted by Gasteiger charge is 2.52. The fourth-order valence-electron chi connectivity index (χ4n) is 3.62. The molecule has 1 saturated heterocycles. The van der Waals surface area contributed by atoms with Crippen LogP contribution in [0.4, 0.5) is 9.18 Å². The Morgan fingerprint density at radius 1 is 1.14 bits per heavy atom. The van der Waals surface area contributed by atoms with Gasteiger partial charge >= 0.3 is 12.0 Å². The predicted molar refractivity (Wildman–Crippen MR) is 104 cm³/mol. The predicted octanol–water partition coefficient (Wildman–Crippen LogP) is 1.67. The summed E-state index contributed by atoms with van der Waals surface area (Å²) in [5, 5.41) is 4.53. The maximum Gasteiger partial charge on any atom is 0.421 e. The molecule has 0 N–H and O–H groups in total. The van der Waals surface area contributed by atoms with Crippen molar-refractivity contribution in [2.24, 2.45) is 4.99 Å². The third-order valence-corrected chi connectivity index (χ3v) is 5.62. The largest absolute Gasteiger partial charge is 0.421 e. The molecule has 1 unspecified atom stereocenters. The minimum absolute atomic E-state index is 0.0637. The molecule has 8 nitrogen and oxygen atoms in total. The van der Waals surface area contributed by atoms with Gasteiger partial charge in [-0.15, -0.1) is 9.78 Å². The molecule has 3 heterocycles. The molecule has 1 aromatic heterocycles. The van der Waals surface area contributed by atoms with E-state index in [9.17, 15) is 14.0 Å². The van der Waals surface area contributed by atoms with Crippen LogP contribution in [0, 0.1) is 26.6 Å². The quantitative estimate of drug-likeness (QED) is 0.724. The summed E-state index contributed by atoms with van der Waals surface area (Å²) in [6, 6.07) is 4.56. The standard InChI is InChI=1S/C20H22FN6O2/c1-11-12(2)23-27(13(11)3)19-22-17-16(24(19)4)18(28)26(20(29)25(17)5)10-14-6-8-15(21)9-7-14/h6-9,16H,10H2,1-5H3/q+1. The van der Waals surface area contributed by atoms with Gasteiger partial charge in [-0.1, -0.05) is 17.1 Å². The summed E-state index contributed by atoms with van der Waals surface area (Å²) in [6.07, 6.45) is 0. The highest BCUT2D eigenvalue weighted by molar-refractivity contribution is 6.22. The Bertz CT molecular complexity index is 1100. The van der Waals surface area contributed by atoms with Gasteiger partial charge in [-0.25, -0.2) is 13.8 Å². The van der Waals surface area contributed by atoms with Gasteiger partial charge in [0, 0.05) is 12.6 Å². The van der Waals surface area contributed by atoms with Gasteiger partial charge in [0.15, 0.2) is 0 Å². The molecule has 1 atom stereocenters. The molecule has 0 spiro atoms. The van der Waals surface area contributed by atoms with Crippen molar-refractivity contribution in [3.63, 3.8) is 0 Å². The van der Waals surface area contributed by atoms with Crippen molar-refractivity contribution in [3.05, 3.63) is 52.6 Å². The van der Waals surface area contributed by atoms with Gasteiger partial charge in [0.05, 0.1) is 19.3 Å². The number of aliphatic imine (C=N–C) groups is 1. The third-order valence-electron chi connectivity index (χ3n) is 5.62. The van der Waals surface area contributed by atoms with Gasteiger partial charge < -0.3 is 0 Å². The van der Waals surface area contributed by atoms with E-state index in [0.717, 1.165) is 17.0 Å². The van der Waals surface area contributed by atoms with Gasteiger partial charge in [-0.2, -0.15) is 0 Å². The number of halogens is 1. The smallest absolute Gasteiger partial charge is 0.270 e. The van der Waals surface area contributed by atoms with E-state index in [-0.39, 0.29) is 18.3 Å². The van der Waals surface area contributed by atoms with Gasteiger partial charge in [0.2, 0.25) is 11.9 Å². The Labute approximate surface area is 167 Å². The van der Waals surface area contributed by atoms with E-state index in [1.54, 1.807) is 35.5 Å². The molecule has 9 heteroatoms. The molecule has 0 bridgehead atoms. The molecule has 150 valence electrons. The molecule has 0 radical (unpaired) electrons. The van der Waals surface area contributed by atoms with E-state index in [4.69, 9.17) is 0 Å². The topological polar surface area (TPSA) is 73.8 Å². The molecule has 2 aliphatic rings. The van der Waals surface area contributed by atoms with Gasteiger partial charge in [0.1, 0.15) is 11.5 Å². The van der Waals surface area contributed by atoms with Crippen molar-refractivity contribution in [1.82, 2.24) is 19.6 Å². The van der Waals surface area contributed by atoms with Crippen LogP contribution in [0.2, 0.25) is 0 Å². The number of rotatable bonds is 2. The number of carbonyl (C=O) groups is 2. The Balaban J connectivity index is 1.72. The first-order chi connectivity index (χ1) is 13.7. The number of fused-ring (bicyclic) bond motifs is 1. The van der Waals surface area contributed by atoms with Crippen molar-refractivity contribution < 1.29 is 18.6 Å². The maximum atomic E-state index is 13.2. The van der Waals surface area contributed by atoms with Crippen LogP contribution in [0.15, 0.2) is 29.3 Å². The fourth-order valence-corrected chi connectivity index (χ4v) is 3.62. The van der Waals surface area contributed by atoms with Crippen LogP contribution >= 0.6 is 0 Å². The first-order valence-corrected chi connectivity index (χ1v) is 9.25. The summed E-state index contributed by atoms with van der Waals surface area (Å²) in [5.41, 5.74) is 3.53. The van der Waals surface area contributed by atoms with Gasteiger partial charge in [-0.3, -0.25) is 14.6 Å². The minimum Gasteiger partial charge on any atom is -0.270 e. The average molecular weight is 397 g/mol. The van der Waals surface area contributed by atoms with E-state index >= 15 is 0 Å². The Hall–Kier alpha value is -3.36. The van der Waals surface area contributed by atoms with Crippen LogP contribution < -0.4 is 0 Å². The number of likely N-dealkylation sites (N-methyl/N-ethyl adjacent to an activating group) is 2. The second kappa shape index (κ2) is 6.61. The lowest BCUT2D eigenvalue weighted by molar-refractivity contribution is -0.507. The summed E-state index contributed by atoms with van der Waals surface area (Å²) >= 11 is 0. The Morgan fingerprint density at radius 3 is 2.38 bits per heavy atom. The van der Waals surface area contributed by atoms with Crippen molar-refractivity contribution in [2.75, 3.05) is 14.1 Å². The summed E-state index contributed by atoms with van der Waals surface area (Å²) in [4.78, 5) is 33.2. The van der Waals surface area contributed by atoms with Crippen LogP contribution in [0.3, 0.4) is 0 Å². The fraction of sp³-hybridized carbons (Fsp3) is 0.350. The highest BCUT2D eigenvalue weighted by atomic mass is 19.1. The maximum absolute atomic E-state index is 13.2. The number of nitrogens with zero attached hydrogens (tertiary/aromatic N) is 6. The average Bonchev–Trinajstić information content (AvgIpc) is 3.16. The lowest BCUT2D eigenvalue weighted by Gasteiger charge is -2.33. The van der Waals surface area contributed by atoms with E-state index in [1.165, 1.54) is 21.9 Å². The molecular weight excluding hydrogens is 375 g/mol. The molecule has 0 saturated carbocycles. The van der Waals surface area contributed by atoms with Crippen LogP contribution in [-0.4, -0.2) is 68.0 Å². The van der Waals surface area contributed by atoms with Crippen molar-refractivity contribution in [2.45, 2.75) is 33.4 Å². The number of aryl methyl sites for hydroxylation is 1. The zero-order valence-corrected chi connectivity index (χ0v) is 17.0. The lowest BCUT2D eigenvalue weighted by atomic mass is 10.1. The number of hydrogen-bond acceptors (Lipinski definition) is 4. The van der Waals surface area contributed by atoms with Crippen LogP contribution in [-0.2, 0) is 11.3 Å². The van der Waals surface area contributed by atoms with Crippen LogP contribution in [0.1, 0.15) is 22.5 Å². The van der Waals surface area contributed by atoms with Crippen LogP contribution in [0.25, 0.3) is 0 Å². The first-order valence-electron chi connectivity index (χ1n) is 9.25. The molecule has 2 aliphatic heterocycles. The third kappa shape index (κ3) is 2.84. The molecule has 1 fully saturated rings. The molecule has 2 aromatic rings. The highest BCUT2D eigenvalue weighted by Crippen LogP contribution is 2.22. The number of amides is 3. The number of amidine groups is 1. The number of benzene rings is 1. The summed E-state index contributed by atoms with van der Waals surface area (Å²) in [5.74, 6) is 0.131. The minimum atomic E-state index is -0.725. The van der Waals surface area contributed by atoms with Gasteiger partial charge in [-0.05, 0) is 38.5 Å². The monoisotopic (exact) mass is 397 g/mol. The van der Waals surface area contributed by atoms with Crippen molar-refractivity contribution in [3.8, 4) is 0 Å². The van der Waals surface area contributed by atoms with Crippen molar-refractivity contribution >= 4 is 23.7 Å². The summed E-state index contributed by atoms with van der Waals surface area (Å²) in [6.45, 7) is 5.90. The van der Waals surface area contributed by atoms with E-state index < -0.39 is 12.1 Å². The van der Waals surface area contributed by atoms with E-state index in [0.29, 0.717) is 17.4 Å². The van der Waals surface area contributed by atoms with E-state index in [1.807, 2.05) is 20.8 Å². The SMILES string of the molecule is Cc1nn(C2=[N+](C)C3C(=O)N(Cc4ccc(F)cc4)C(=O)N(C)C3=N2)c(C)c1C. The zero-order valence-electron chi connectivity index (χ0n) is 17.0. The second-order valence-corrected chi connectivity index (χ2v) is 7.38. The van der Waals surface area contributed by atoms with Crippen molar-refractivity contribution in [1.29, 1.82) is 0 Å². The zero-order chi connectivity index (χ0) is 21.0. The summed E-state index contributed by atoms with van der Waals surface area (Å²) in [7, 11) is 3.36.